The van der Waals surface area contributed by atoms with Gasteiger partial charge in [0.15, 0.2) is 0 Å². The first-order valence-electron chi connectivity index (χ1n) is 4.76. The van der Waals surface area contributed by atoms with Gasteiger partial charge in [-0.3, -0.25) is 0 Å². The van der Waals surface area contributed by atoms with Gasteiger partial charge < -0.3 is 9.84 Å². The van der Waals surface area contributed by atoms with Gasteiger partial charge in [-0.25, -0.2) is 4.79 Å². The van der Waals surface area contributed by atoms with Crippen LogP contribution in [0.1, 0.15) is 12.5 Å². The second-order valence-corrected chi connectivity index (χ2v) is 3.12. The largest absolute Gasteiger partial charge is 0.460 e. The summed E-state index contributed by atoms with van der Waals surface area (Å²) in [6.45, 7) is 1.56. The molecule has 1 N–H and O–H groups in total. The molecule has 0 aliphatic carbocycles. The van der Waals surface area contributed by atoms with Crippen molar-refractivity contribution in [2.45, 2.75) is 13.0 Å². The third-order valence-electron chi connectivity index (χ3n) is 1.77. The fourth-order valence-corrected chi connectivity index (χ4v) is 0.999. The van der Waals surface area contributed by atoms with Gasteiger partial charge in [0, 0.05) is 0 Å². The van der Waals surface area contributed by atoms with Crippen LogP contribution in [0.4, 0.5) is 0 Å². The fourth-order valence-electron chi connectivity index (χ4n) is 0.999. The average molecular weight is 206 g/mol. The Morgan fingerprint density at radius 2 is 2.13 bits per heavy atom. The van der Waals surface area contributed by atoms with Gasteiger partial charge in [0.2, 0.25) is 0 Å². The van der Waals surface area contributed by atoms with Gasteiger partial charge in [0.05, 0.1) is 0 Å². The van der Waals surface area contributed by atoms with Crippen molar-refractivity contribution in [1.82, 2.24) is 0 Å². The molecule has 0 aliphatic heterocycles. The number of carbonyl (C=O) groups excluding carboxylic acids is 1. The van der Waals surface area contributed by atoms with Gasteiger partial charge in [-0.1, -0.05) is 36.4 Å². The molecule has 1 unspecified atom stereocenters. The van der Waals surface area contributed by atoms with Crippen molar-refractivity contribution in [1.29, 1.82) is 0 Å². The lowest BCUT2D eigenvalue weighted by molar-refractivity contribution is -0.151. The summed E-state index contributed by atoms with van der Waals surface area (Å²) in [6.07, 6.45) is 2.53. The lowest BCUT2D eigenvalue weighted by Crippen LogP contribution is -2.19. The summed E-state index contributed by atoms with van der Waals surface area (Å²) in [5, 5.41) is 8.84. The molecule has 0 heterocycles. The molecule has 0 aromatic heterocycles. The maximum Gasteiger partial charge on any atom is 0.334 e. The van der Waals surface area contributed by atoms with Crippen LogP contribution >= 0.6 is 0 Å². The van der Waals surface area contributed by atoms with Crippen molar-refractivity contribution in [3.63, 3.8) is 0 Å². The van der Waals surface area contributed by atoms with E-state index in [0.29, 0.717) is 0 Å². The smallest absolute Gasteiger partial charge is 0.334 e. The molecular weight excluding hydrogens is 192 g/mol. The molecule has 0 fully saturated rings. The van der Waals surface area contributed by atoms with Crippen molar-refractivity contribution < 1.29 is 14.6 Å². The van der Waals surface area contributed by atoms with Gasteiger partial charge in [-0.2, -0.15) is 0 Å². The van der Waals surface area contributed by atoms with Crippen LogP contribution in [0.25, 0.3) is 6.08 Å². The lowest BCUT2D eigenvalue weighted by atomic mass is 10.2. The first-order chi connectivity index (χ1) is 7.20. The zero-order valence-corrected chi connectivity index (χ0v) is 8.59. The maximum atomic E-state index is 10.8. The molecule has 3 heteroatoms. The van der Waals surface area contributed by atoms with Gasteiger partial charge in [-0.05, 0) is 18.6 Å². The Hall–Kier alpha value is -1.61. The Balaban J connectivity index is 2.32. The van der Waals surface area contributed by atoms with Gasteiger partial charge in [0.1, 0.15) is 12.7 Å². The number of ether oxygens (including phenoxy) is 1. The summed E-state index contributed by atoms with van der Waals surface area (Å²) in [6, 6.07) is 9.70. The highest BCUT2D eigenvalue weighted by molar-refractivity contribution is 5.73. The number of esters is 1. The molecule has 1 rings (SSSR count). The highest BCUT2D eigenvalue weighted by atomic mass is 16.5. The minimum Gasteiger partial charge on any atom is -0.460 e. The molecule has 0 amide bonds. The molecule has 0 spiro atoms. The molecular formula is C12H14O3. The molecule has 80 valence electrons. The minimum absolute atomic E-state index is 0.179. The Bertz CT molecular complexity index is 328. The van der Waals surface area contributed by atoms with Crippen molar-refractivity contribution in [3.05, 3.63) is 42.0 Å². The number of hydrogen-bond donors (Lipinski definition) is 1. The normalized spacial score (nSPS) is 12.7. The van der Waals surface area contributed by atoms with E-state index in [1.54, 1.807) is 6.08 Å². The van der Waals surface area contributed by atoms with Crippen LogP contribution in [-0.4, -0.2) is 23.8 Å². The first kappa shape index (κ1) is 11.5. The summed E-state index contributed by atoms with van der Waals surface area (Å²) in [7, 11) is 0. The van der Waals surface area contributed by atoms with E-state index in [1.807, 2.05) is 36.4 Å². The number of benzene rings is 1. The molecule has 1 aromatic rings. The van der Waals surface area contributed by atoms with Crippen LogP contribution in [0.5, 0.6) is 0 Å². The van der Waals surface area contributed by atoms with E-state index in [2.05, 4.69) is 0 Å². The lowest BCUT2D eigenvalue weighted by Gasteiger charge is -2.02. The van der Waals surface area contributed by atoms with Gasteiger partial charge >= 0.3 is 5.97 Å². The molecule has 0 saturated heterocycles. The van der Waals surface area contributed by atoms with Crippen LogP contribution in [-0.2, 0) is 9.53 Å². The molecule has 15 heavy (non-hydrogen) atoms. The molecule has 0 radical (unpaired) electrons. The van der Waals surface area contributed by atoms with Crippen molar-refractivity contribution in [2.24, 2.45) is 0 Å². The Kier molecular flexibility index (Phi) is 4.57. The molecule has 0 saturated carbocycles. The van der Waals surface area contributed by atoms with E-state index < -0.39 is 12.1 Å². The number of aliphatic hydroxyl groups is 1. The number of carbonyl (C=O) groups is 1. The van der Waals surface area contributed by atoms with E-state index in [-0.39, 0.29) is 6.61 Å². The van der Waals surface area contributed by atoms with Crippen LogP contribution < -0.4 is 0 Å². The zero-order chi connectivity index (χ0) is 11.1. The minimum atomic E-state index is -1.06. The predicted octanol–water partition coefficient (Wildman–Crippen LogP) is 1.62. The number of aliphatic hydroxyl groups excluding tert-OH is 1. The third-order valence-corrected chi connectivity index (χ3v) is 1.77. The third kappa shape index (κ3) is 4.42. The molecule has 0 aliphatic rings. The van der Waals surface area contributed by atoms with Crippen LogP contribution in [0.3, 0.4) is 0 Å². The Morgan fingerprint density at radius 3 is 2.73 bits per heavy atom. The monoisotopic (exact) mass is 206 g/mol. The summed E-state index contributed by atoms with van der Waals surface area (Å²) in [5.74, 6) is -0.604. The number of hydrogen-bond acceptors (Lipinski definition) is 3. The van der Waals surface area contributed by atoms with Gasteiger partial charge in [-0.15, -0.1) is 0 Å². The summed E-state index contributed by atoms with van der Waals surface area (Å²) in [5.41, 5.74) is 1.05. The van der Waals surface area contributed by atoms with Crippen LogP contribution in [0.2, 0.25) is 0 Å². The quantitative estimate of drug-likeness (QED) is 0.761. The second kappa shape index (κ2) is 5.98. The highest BCUT2D eigenvalue weighted by Gasteiger charge is 2.07. The molecule has 1 aromatic carbocycles. The van der Waals surface area contributed by atoms with Crippen LogP contribution in [0, 0.1) is 0 Å². The zero-order valence-electron chi connectivity index (χ0n) is 8.59. The maximum absolute atomic E-state index is 10.8. The standard InChI is InChI=1S/C12H14O3/c1-10(13)12(14)15-9-5-8-11-6-3-2-4-7-11/h2-8,10,13H,9H2,1H3. The summed E-state index contributed by atoms with van der Waals surface area (Å²) >= 11 is 0. The molecule has 0 bridgehead atoms. The molecule has 1 atom stereocenters. The van der Waals surface area contributed by atoms with Crippen molar-refractivity contribution >= 4 is 12.0 Å². The first-order valence-corrected chi connectivity index (χ1v) is 4.76. The fraction of sp³-hybridized carbons (Fsp3) is 0.250. The van der Waals surface area contributed by atoms with Crippen molar-refractivity contribution in [3.8, 4) is 0 Å². The van der Waals surface area contributed by atoms with Crippen LogP contribution in [0.15, 0.2) is 36.4 Å². The average Bonchev–Trinajstić information content (AvgIpc) is 2.25. The Labute approximate surface area is 89.0 Å². The second-order valence-electron chi connectivity index (χ2n) is 3.12. The van der Waals surface area contributed by atoms with E-state index in [4.69, 9.17) is 9.84 Å². The van der Waals surface area contributed by atoms with E-state index in [0.717, 1.165) is 5.56 Å². The van der Waals surface area contributed by atoms with Gasteiger partial charge in [0.25, 0.3) is 0 Å². The van der Waals surface area contributed by atoms with Crippen molar-refractivity contribution in [2.75, 3.05) is 6.61 Å². The molecule has 3 nitrogen and oxygen atoms in total. The highest BCUT2D eigenvalue weighted by Crippen LogP contribution is 2.00. The summed E-state index contributed by atoms with van der Waals surface area (Å²) in [4.78, 5) is 10.8. The van der Waals surface area contributed by atoms with E-state index in [9.17, 15) is 4.79 Å². The topological polar surface area (TPSA) is 46.5 Å². The Morgan fingerprint density at radius 1 is 1.47 bits per heavy atom. The number of rotatable bonds is 4. The van der Waals surface area contributed by atoms with E-state index >= 15 is 0 Å². The SMILES string of the molecule is CC(O)C(=O)OCC=Cc1ccccc1. The predicted molar refractivity (Wildman–Crippen MR) is 58.1 cm³/mol. The summed E-state index contributed by atoms with van der Waals surface area (Å²) < 4.78 is 4.75. The van der Waals surface area contributed by atoms with E-state index in [1.165, 1.54) is 6.92 Å².